The van der Waals surface area contributed by atoms with Gasteiger partial charge in [-0.05, 0) is 68.7 Å². The summed E-state index contributed by atoms with van der Waals surface area (Å²) >= 11 is 0. The molecular weight excluding hydrogens is 508 g/mol. The zero-order valence-corrected chi connectivity index (χ0v) is 22.1. The van der Waals surface area contributed by atoms with Crippen molar-refractivity contribution < 1.29 is 33.0 Å². The summed E-state index contributed by atoms with van der Waals surface area (Å²) in [5.74, 6) is -3.96. The van der Waals surface area contributed by atoms with Crippen molar-refractivity contribution in [3.8, 4) is 5.75 Å². The number of carboxylic acids is 1. The summed E-state index contributed by atoms with van der Waals surface area (Å²) in [5, 5.41) is 14.2. The van der Waals surface area contributed by atoms with Gasteiger partial charge in [0.05, 0.1) is 12.0 Å². The van der Waals surface area contributed by atoms with Crippen LogP contribution in [0.1, 0.15) is 66.2 Å². The second kappa shape index (κ2) is 12.9. The molecule has 2 aliphatic rings. The van der Waals surface area contributed by atoms with Crippen LogP contribution in [0.25, 0.3) is 0 Å². The predicted octanol–water partition coefficient (Wildman–Crippen LogP) is 4.38. The summed E-state index contributed by atoms with van der Waals surface area (Å²) in [6.07, 6.45) is 3.77. The third-order valence-corrected chi connectivity index (χ3v) is 7.54. The first kappa shape index (κ1) is 28.3. The molecule has 1 heterocycles. The highest BCUT2D eigenvalue weighted by Gasteiger charge is 2.28. The average molecular weight is 544 g/mol. The number of carbonyl (C=O) groups excluding carboxylic acids is 2. The number of carbonyl (C=O) groups is 3. The summed E-state index contributed by atoms with van der Waals surface area (Å²) in [6.45, 7) is 4.32. The van der Waals surface area contributed by atoms with Gasteiger partial charge in [0.1, 0.15) is 22.9 Å². The molecule has 0 atom stereocenters. The van der Waals surface area contributed by atoms with Crippen molar-refractivity contribution in [1.82, 2.24) is 10.6 Å². The van der Waals surface area contributed by atoms with E-state index in [1.807, 2.05) is 12.1 Å². The largest absolute Gasteiger partial charge is 0.490 e. The molecular formula is C29H35F2N3O5. The molecule has 0 aromatic heterocycles. The zero-order valence-electron chi connectivity index (χ0n) is 22.1. The van der Waals surface area contributed by atoms with Crippen LogP contribution in [-0.4, -0.2) is 55.2 Å². The predicted molar refractivity (Wildman–Crippen MR) is 142 cm³/mol. The molecule has 39 heavy (non-hydrogen) atoms. The minimum Gasteiger partial charge on any atom is -0.490 e. The highest BCUT2D eigenvalue weighted by Crippen LogP contribution is 2.29. The Morgan fingerprint density at radius 2 is 1.46 bits per heavy atom. The third kappa shape index (κ3) is 7.46. The van der Waals surface area contributed by atoms with Gasteiger partial charge in [0.25, 0.3) is 11.8 Å². The molecule has 2 amide bonds. The Balaban J connectivity index is 1.22. The van der Waals surface area contributed by atoms with Gasteiger partial charge < -0.3 is 25.4 Å². The number of ether oxygens (including phenoxy) is 1. The van der Waals surface area contributed by atoms with Crippen molar-refractivity contribution in [1.29, 1.82) is 0 Å². The zero-order chi connectivity index (χ0) is 27.9. The maximum absolute atomic E-state index is 14.6. The number of halogens is 2. The Bertz CT molecular complexity index is 1150. The Morgan fingerprint density at radius 1 is 0.897 bits per heavy atom. The maximum Gasteiger partial charge on any atom is 0.306 e. The topological polar surface area (TPSA) is 108 Å². The first-order valence-electron chi connectivity index (χ1n) is 13.5. The van der Waals surface area contributed by atoms with Crippen molar-refractivity contribution in [2.75, 3.05) is 31.1 Å². The van der Waals surface area contributed by atoms with E-state index in [4.69, 9.17) is 9.84 Å². The first-order valence-corrected chi connectivity index (χ1v) is 13.5. The van der Waals surface area contributed by atoms with E-state index in [9.17, 15) is 23.2 Å². The quantitative estimate of drug-likeness (QED) is 0.405. The van der Waals surface area contributed by atoms with Crippen LogP contribution in [0.5, 0.6) is 5.75 Å². The molecule has 1 aliphatic heterocycles. The molecule has 0 unspecified atom stereocenters. The standard InChI is InChI=1S/C29H35F2N3O5/c1-18-10-14-34(15-11-18)21-6-2-19(3-7-21)27(35)32-12-13-33-28(36)26-24(30)16-23(17-25(26)31)39-22-8-4-20(5-9-22)29(37)38/h2-3,6-7,16-18,20,22H,4-5,8-15H2,1H3,(H,32,35)(H,33,36)(H,37,38). The van der Waals surface area contributed by atoms with Gasteiger partial charge in [0.2, 0.25) is 0 Å². The molecule has 2 fully saturated rings. The van der Waals surface area contributed by atoms with Crippen LogP contribution in [0.2, 0.25) is 0 Å². The second-order valence-electron chi connectivity index (χ2n) is 10.4. The van der Waals surface area contributed by atoms with E-state index in [2.05, 4.69) is 22.5 Å². The van der Waals surface area contributed by atoms with E-state index in [0.717, 1.165) is 49.7 Å². The molecule has 1 saturated carbocycles. The summed E-state index contributed by atoms with van der Waals surface area (Å²) in [4.78, 5) is 38.2. The fraction of sp³-hybridized carbons (Fsp3) is 0.483. The van der Waals surface area contributed by atoms with Gasteiger partial charge in [-0.3, -0.25) is 14.4 Å². The van der Waals surface area contributed by atoms with Crippen molar-refractivity contribution in [3.63, 3.8) is 0 Å². The minimum atomic E-state index is -1.06. The molecule has 4 rings (SSSR count). The molecule has 1 aliphatic carbocycles. The molecule has 3 N–H and O–H groups in total. The van der Waals surface area contributed by atoms with E-state index in [-0.39, 0.29) is 30.9 Å². The molecule has 1 saturated heterocycles. The molecule has 8 nitrogen and oxygen atoms in total. The van der Waals surface area contributed by atoms with Gasteiger partial charge in [-0.1, -0.05) is 6.92 Å². The molecule has 0 bridgehead atoms. The number of benzene rings is 2. The van der Waals surface area contributed by atoms with E-state index in [0.29, 0.717) is 31.2 Å². The van der Waals surface area contributed by atoms with Crippen LogP contribution in [0.15, 0.2) is 36.4 Å². The van der Waals surface area contributed by atoms with Crippen molar-refractivity contribution in [3.05, 3.63) is 59.2 Å². The van der Waals surface area contributed by atoms with Gasteiger partial charge in [-0.15, -0.1) is 0 Å². The minimum absolute atomic E-state index is 0.0153. The van der Waals surface area contributed by atoms with Crippen molar-refractivity contribution in [2.45, 2.75) is 51.6 Å². The Labute approximate surface area is 226 Å². The lowest BCUT2D eigenvalue weighted by Gasteiger charge is -2.32. The average Bonchev–Trinajstić information content (AvgIpc) is 2.91. The summed E-state index contributed by atoms with van der Waals surface area (Å²) < 4.78 is 34.8. The number of amides is 2. The Hall–Kier alpha value is -3.69. The van der Waals surface area contributed by atoms with Gasteiger partial charge in [-0.25, -0.2) is 8.78 Å². The normalized spacial score (nSPS) is 19.8. The maximum atomic E-state index is 14.6. The smallest absolute Gasteiger partial charge is 0.306 e. The number of aliphatic carboxylic acids is 1. The number of hydrogen-bond acceptors (Lipinski definition) is 5. The van der Waals surface area contributed by atoms with E-state index < -0.39 is 35.0 Å². The number of piperidine rings is 1. The van der Waals surface area contributed by atoms with E-state index in [1.54, 1.807) is 12.1 Å². The number of hydrogen-bond donors (Lipinski definition) is 3. The molecule has 0 spiro atoms. The van der Waals surface area contributed by atoms with Crippen LogP contribution >= 0.6 is 0 Å². The van der Waals surface area contributed by atoms with E-state index in [1.165, 1.54) is 0 Å². The highest BCUT2D eigenvalue weighted by molar-refractivity contribution is 5.95. The van der Waals surface area contributed by atoms with Crippen LogP contribution in [0, 0.1) is 23.5 Å². The van der Waals surface area contributed by atoms with Gasteiger partial charge in [0.15, 0.2) is 0 Å². The first-order chi connectivity index (χ1) is 18.7. The second-order valence-corrected chi connectivity index (χ2v) is 10.4. The fourth-order valence-electron chi connectivity index (χ4n) is 5.09. The fourth-order valence-corrected chi connectivity index (χ4v) is 5.09. The summed E-state index contributed by atoms with van der Waals surface area (Å²) in [5.41, 5.74) is 0.835. The van der Waals surface area contributed by atoms with Crippen molar-refractivity contribution >= 4 is 23.5 Å². The lowest BCUT2D eigenvalue weighted by atomic mass is 9.87. The van der Waals surface area contributed by atoms with Crippen LogP contribution in [0.4, 0.5) is 14.5 Å². The molecule has 10 heteroatoms. The van der Waals surface area contributed by atoms with Crippen LogP contribution < -0.4 is 20.3 Å². The van der Waals surface area contributed by atoms with Crippen molar-refractivity contribution in [2.24, 2.45) is 11.8 Å². The summed E-state index contributed by atoms with van der Waals surface area (Å²) in [7, 11) is 0. The van der Waals surface area contributed by atoms with Gasteiger partial charge in [-0.2, -0.15) is 0 Å². The third-order valence-electron chi connectivity index (χ3n) is 7.54. The number of rotatable bonds is 9. The molecule has 2 aromatic rings. The Kier molecular flexibility index (Phi) is 9.37. The lowest BCUT2D eigenvalue weighted by molar-refractivity contribution is -0.143. The molecule has 0 radical (unpaired) electrons. The summed E-state index contributed by atoms with van der Waals surface area (Å²) in [6, 6.07) is 9.27. The number of carboxylic acid groups (broad SMARTS) is 1. The monoisotopic (exact) mass is 543 g/mol. The Morgan fingerprint density at radius 3 is 2.03 bits per heavy atom. The number of nitrogens with zero attached hydrogens (tertiary/aromatic N) is 1. The number of anilines is 1. The van der Waals surface area contributed by atoms with Gasteiger partial charge in [0, 0.05) is 49.6 Å². The number of nitrogens with one attached hydrogen (secondary N) is 2. The van der Waals surface area contributed by atoms with Crippen LogP contribution in [0.3, 0.4) is 0 Å². The highest BCUT2D eigenvalue weighted by atomic mass is 19.1. The van der Waals surface area contributed by atoms with E-state index >= 15 is 0 Å². The van der Waals surface area contributed by atoms with Crippen LogP contribution in [-0.2, 0) is 4.79 Å². The van der Waals surface area contributed by atoms with Gasteiger partial charge >= 0.3 is 5.97 Å². The lowest BCUT2D eigenvalue weighted by Crippen LogP contribution is -2.35. The SMILES string of the molecule is CC1CCN(c2ccc(C(=O)NCCNC(=O)c3c(F)cc(OC4CCC(C(=O)O)CC4)cc3F)cc2)CC1. The molecule has 210 valence electrons. The molecule has 2 aromatic carbocycles.